The Hall–Kier alpha value is -1.29. The van der Waals surface area contributed by atoms with E-state index < -0.39 is 0 Å². The highest BCUT2D eigenvalue weighted by atomic mass is 14.6. The molecule has 0 fully saturated rings. The van der Waals surface area contributed by atoms with Gasteiger partial charge in [-0.1, -0.05) is 26.7 Å². The van der Waals surface area contributed by atoms with E-state index >= 15 is 0 Å². The molecule has 0 amide bonds. The molecule has 1 heterocycles. The van der Waals surface area contributed by atoms with Crippen LogP contribution in [0.15, 0.2) is 18.5 Å². The molecule has 68 valence electrons. The Labute approximate surface area is 80.2 Å². The summed E-state index contributed by atoms with van der Waals surface area (Å²) < 4.78 is 0. The van der Waals surface area contributed by atoms with E-state index in [2.05, 4.69) is 31.7 Å². The molecule has 0 bridgehead atoms. The Morgan fingerprint density at radius 1 is 1.38 bits per heavy atom. The monoisotopic (exact) mass is 173 g/mol. The summed E-state index contributed by atoms with van der Waals surface area (Å²) >= 11 is 0. The second-order valence-electron chi connectivity index (χ2n) is 4.46. The van der Waals surface area contributed by atoms with Crippen molar-refractivity contribution in [2.45, 2.75) is 27.2 Å². The molecular formula is C12H15N. The van der Waals surface area contributed by atoms with Gasteiger partial charge in [-0.25, -0.2) is 0 Å². The molecule has 1 heteroatoms. The van der Waals surface area contributed by atoms with Crippen LogP contribution in [0, 0.1) is 17.8 Å². The number of nitrogens with zero attached hydrogens (tertiary/aromatic N) is 1. The zero-order valence-electron chi connectivity index (χ0n) is 8.46. The molecule has 0 spiro atoms. The topological polar surface area (TPSA) is 12.9 Å². The highest BCUT2D eigenvalue weighted by Crippen LogP contribution is 2.20. The van der Waals surface area contributed by atoms with Crippen LogP contribution < -0.4 is 0 Å². The van der Waals surface area contributed by atoms with E-state index in [1.807, 2.05) is 12.3 Å². The van der Waals surface area contributed by atoms with Crippen LogP contribution >= 0.6 is 0 Å². The maximum Gasteiger partial charge on any atom is 0.0428 e. The van der Waals surface area contributed by atoms with E-state index in [-0.39, 0.29) is 5.41 Å². The van der Waals surface area contributed by atoms with Gasteiger partial charge in [0, 0.05) is 18.0 Å². The second kappa shape index (κ2) is 3.62. The lowest BCUT2D eigenvalue weighted by Gasteiger charge is -2.17. The Morgan fingerprint density at radius 2 is 2.08 bits per heavy atom. The fraction of sp³-hybridized carbons (Fsp3) is 0.417. The fourth-order valence-electron chi connectivity index (χ4n) is 1.28. The average Bonchev–Trinajstić information content (AvgIpc) is 2.01. The first-order valence-electron chi connectivity index (χ1n) is 4.42. The third kappa shape index (κ3) is 3.29. The van der Waals surface area contributed by atoms with Gasteiger partial charge in [0.15, 0.2) is 0 Å². The van der Waals surface area contributed by atoms with E-state index in [1.54, 1.807) is 6.20 Å². The Morgan fingerprint density at radius 3 is 2.62 bits per heavy atom. The molecule has 0 aliphatic rings. The molecule has 0 N–H and O–H groups in total. The zero-order chi connectivity index (χ0) is 9.90. The molecule has 1 nitrogen and oxygen atoms in total. The second-order valence-corrected chi connectivity index (χ2v) is 4.46. The van der Waals surface area contributed by atoms with E-state index in [1.165, 1.54) is 5.56 Å². The molecule has 0 atom stereocenters. The van der Waals surface area contributed by atoms with Crippen molar-refractivity contribution in [3.63, 3.8) is 0 Å². The van der Waals surface area contributed by atoms with Gasteiger partial charge in [-0.2, -0.15) is 0 Å². The SMILES string of the molecule is C#Cc1cncc(CC(C)(C)C)c1. The van der Waals surface area contributed by atoms with Crippen LogP contribution in [0.5, 0.6) is 0 Å². The van der Waals surface area contributed by atoms with Crippen LogP contribution in [-0.2, 0) is 6.42 Å². The number of hydrogen-bond donors (Lipinski definition) is 0. The van der Waals surface area contributed by atoms with E-state index in [0.717, 1.165) is 12.0 Å². The van der Waals surface area contributed by atoms with Gasteiger partial charge in [-0.15, -0.1) is 6.42 Å². The van der Waals surface area contributed by atoms with Crippen LogP contribution in [0.3, 0.4) is 0 Å². The van der Waals surface area contributed by atoms with Crippen molar-refractivity contribution in [2.75, 3.05) is 0 Å². The van der Waals surface area contributed by atoms with Crippen molar-refractivity contribution < 1.29 is 0 Å². The van der Waals surface area contributed by atoms with Crippen molar-refractivity contribution in [3.05, 3.63) is 29.6 Å². The molecule has 0 aromatic carbocycles. The van der Waals surface area contributed by atoms with E-state index in [0.29, 0.717) is 0 Å². The summed E-state index contributed by atoms with van der Waals surface area (Å²) in [6.45, 7) is 6.61. The average molecular weight is 173 g/mol. The summed E-state index contributed by atoms with van der Waals surface area (Å²) in [5.74, 6) is 2.59. The molecule has 0 radical (unpaired) electrons. The number of hydrogen-bond acceptors (Lipinski definition) is 1. The summed E-state index contributed by atoms with van der Waals surface area (Å²) in [6, 6.07) is 2.03. The van der Waals surface area contributed by atoms with Crippen molar-refractivity contribution in [1.29, 1.82) is 0 Å². The predicted octanol–water partition coefficient (Wildman–Crippen LogP) is 2.65. The van der Waals surface area contributed by atoms with Crippen LogP contribution in [-0.4, -0.2) is 4.98 Å². The minimum atomic E-state index is 0.287. The summed E-state index contributed by atoms with van der Waals surface area (Å²) in [5, 5.41) is 0. The lowest BCUT2D eigenvalue weighted by molar-refractivity contribution is 0.410. The molecule has 1 rings (SSSR count). The number of terminal acetylenes is 1. The quantitative estimate of drug-likeness (QED) is 0.595. The van der Waals surface area contributed by atoms with Gasteiger partial charge >= 0.3 is 0 Å². The summed E-state index contributed by atoms with van der Waals surface area (Å²) in [4.78, 5) is 4.10. The van der Waals surface area contributed by atoms with Gasteiger partial charge in [0.1, 0.15) is 0 Å². The van der Waals surface area contributed by atoms with Crippen molar-refractivity contribution in [3.8, 4) is 12.3 Å². The highest BCUT2D eigenvalue weighted by Gasteiger charge is 2.11. The number of pyridine rings is 1. The fourth-order valence-corrected chi connectivity index (χ4v) is 1.28. The van der Waals surface area contributed by atoms with E-state index in [4.69, 9.17) is 6.42 Å². The first kappa shape index (κ1) is 9.80. The van der Waals surface area contributed by atoms with Gasteiger partial charge < -0.3 is 0 Å². The lowest BCUT2D eigenvalue weighted by Crippen LogP contribution is -2.09. The van der Waals surface area contributed by atoms with E-state index in [9.17, 15) is 0 Å². The third-order valence-electron chi connectivity index (χ3n) is 1.70. The molecule has 1 aromatic rings. The molecule has 0 aliphatic heterocycles. The smallest absolute Gasteiger partial charge is 0.0428 e. The maximum atomic E-state index is 5.29. The van der Waals surface area contributed by atoms with Gasteiger partial charge in [0.05, 0.1) is 0 Å². The van der Waals surface area contributed by atoms with Crippen molar-refractivity contribution in [2.24, 2.45) is 5.41 Å². The molecule has 13 heavy (non-hydrogen) atoms. The summed E-state index contributed by atoms with van der Waals surface area (Å²) in [7, 11) is 0. The zero-order valence-corrected chi connectivity index (χ0v) is 8.46. The summed E-state index contributed by atoms with van der Waals surface area (Å²) in [5.41, 5.74) is 2.36. The highest BCUT2D eigenvalue weighted by molar-refractivity contribution is 5.32. The van der Waals surface area contributed by atoms with Crippen LogP contribution in [0.25, 0.3) is 0 Å². The largest absolute Gasteiger partial charge is 0.263 e. The minimum absolute atomic E-state index is 0.287. The molecule has 0 saturated carbocycles. The maximum absolute atomic E-state index is 5.29. The van der Waals surface area contributed by atoms with Crippen molar-refractivity contribution >= 4 is 0 Å². The Balaban J connectivity index is 2.86. The normalized spacial score (nSPS) is 10.9. The molecule has 0 aliphatic carbocycles. The first-order valence-corrected chi connectivity index (χ1v) is 4.42. The predicted molar refractivity (Wildman–Crippen MR) is 55.3 cm³/mol. The van der Waals surface area contributed by atoms with Crippen molar-refractivity contribution in [1.82, 2.24) is 4.98 Å². The standard InChI is InChI=1S/C12H15N/c1-5-10-6-11(9-13-8-10)7-12(2,3)4/h1,6,8-9H,7H2,2-4H3. The van der Waals surface area contributed by atoms with Gasteiger partial charge in [-0.05, 0) is 23.5 Å². The Kier molecular flexibility index (Phi) is 2.72. The number of aromatic nitrogens is 1. The lowest BCUT2D eigenvalue weighted by atomic mass is 9.88. The van der Waals surface area contributed by atoms with Gasteiger partial charge in [0.25, 0.3) is 0 Å². The first-order chi connectivity index (χ1) is 6.01. The van der Waals surface area contributed by atoms with Crippen LogP contribution in [0.2, 0.25) is 0 Å². The number of rotatable bonds is 1. The summed E-state index contributed by atoms with van der Waals surface area (Å²) in [6.07, 6.45) is 9.90. The molecular weight excluding hydrogens is 158 g/mol. The molecule has 0 unspecified atom stereocenters. The third-order valence-corrected chi connectivity index (χ3v) is 1.70. The van der Waals surface area contributed by atoms with Gasteiger partial charge in [-0.3, -0.25) is 4.98 Å². The Bertz CT molecular complexity index is 326. The molecule has 1 aromatic heterocycles. The van der Waals surface area contributed by atoms with Gasteiger partial charge in [0.2, 0.25) is 0 Å². The van der Waals surface area contributed by atoms with Crippen LogP contribution in [0.4, 0.5) is 0 Å². The molecule has 0 saturated heterocycles. The minimum Gasteiger partial charge on any atom is -0.263 e. The van der Waals surface area contributed by atoms with Crippen LogP contribution in [0.1, 0.15) is 31.9 Å².